The van der Waals surface area contributed by atoms with Gasteiger partial charge in [0.25, 0.3) is 0 Å². The van der Waals surface area contributed by atoms with Gasteiger partial charge in [0.05, 0.1) is 0 Å². The van der Waals surface area contributed by atoms with Gasteiger partial charge in [-0.05, 0) is 42.1 Å². The fourth-order valence-corrected chi connectivity index (χ4v) is 4.52. The first kappa shape index (κ1) is 14.7. The topological polar surface area (TPSA) is 46.2 Å². The summed E-state index contributed by atoms with van der Waals surface area (Å²) in [5.41, 5.74) is 3.13. The Morgan fingerprint density at radius 3 is 2.57 bits per heavy atom. The molecule has 0 bridgehead atoms. The third-order valence-corrected chi connectivity index (χ3v) is 6.14. The molecule has 0 heterocycles. The maximum absolute atomic E-state index is 12.5. The van der Waals surface area contributed by atoms with Crippen LogP contribution in [0.4, 0.5) is 0 Å². The molecule has 4 atom stereocenters. The number of ketones is 1. The van der Waals surface area contributed by atoms with Gasteiger partial charge in [-0.3, -0.25) is 9.59 Å². The van der Waals surface area contributed by atoms with E-state index in [0.29, 0.717) is 24.2 Å². The number of carbonyl (C=O) groups excluding carboxylic acids is 2. The lowest BCUT2D eigenvalue weighted by Gasteiger charge is -2.13. The van der Waals surface area contributed by atoms with Gasteiger partial charge in [0, 0.05) is 23.6 Å². The third kappa shape index (κ3) is 2.25. The molecule has 0 saturated heterocycles. The molecule has 1 aromatic rings. The number of hydrogen-bond acceptors (Lipinski definition) is 2. The van der Waals surface area contributed by atoms with Crippen LogP contribution >= 0.6 is 0 Å². The summed E-state index contributed by atoms with van der Waals surface area (Å²) in [4.78, 5) is 24.7. The van der Waals surface area contributed by atoms with Crippen molar-refractivity contribution in [2.75, 3.05) is 0 Å². The molecule has 0 aliphatic heterocycles. The number of Topliss-reactive ketones (excluding diaryl/α,β-unsaturated/α-hetero) is 1. The maximum Gasteiger partial charge on any atom is 0.227 e. The third-order valence-electron chi connectivity index (χ3n) is 6.14. The summed E-state index contributed by atoms with van der Waals surface area (Å²) >= 11 is 0. The molecule has 1 amide bonds. The Bertz CT molecular complexity index is 716. The molecular weight excluding hydrogens is 286 g/mol. The fraction of sp³-hybridized carbons (Fsp3) is 0.500. The lowest BCUT2D eigenvalue weighted by Crippen LogP contribution is -2.26. The van der Waals surface area contributed by atoms with Crippen LogP contribution in [0.25, 0.3) is 0 Å². The zero-order valence-electron chi connectivity index (χ0n) is 13.9. The summed E-state index contributed by atoms with van der Waals surface area (Å²) in [5, 5.41) is 3.03. The average molecular weight is 309 g/mol. The van der Waals surface area contributed by atoms with E-state index in [2.05, 4.69) is 31.3 Å². The Morgan fingerprint density at radius 2 is 1.91 bits per heavy atom. The van der Waals surface area contributed by atoms with Gasteiger partial charge in [0.2, 0.25) is 5.91 Å². The van der Waals surface area contributed by atoms with Gasteiger partial charge in [0.15, 0.2) is 5.78 Å². The Hall–Kier alpha value is -1.90. The molecule has 3 nitrogen and oxygen atoms in total. The van der Waals surface area contributed by atoms with Gasteiger partial charge in [-0.25, -0.2) is 0 Å². The molecule has 3 fully saturated rings. The smallest absolute Gasteiger partial charge is 0.227 e. The molecule has 4 rings (SSSR count). The predicted octanol–water partition coefficient (Wildman–Crippen LogP) is 3.43. The number of amides is 1. The van der Waals surface area contributed by atoms with Crippen LogP contribution in [-0.4, -0.2) is 11.7 Å². The summed E-state index contributed by atoms with van der Waals surface area (Å²) in [6.07, 6.45) is 1.56. The van der Waals surface area contributed by atoms with E-state index >= 15 is 0 Å². The van der Waals surface area contributed by atoms with Crippen molar-refractivity contribution < 1.29 is 9.59 Å². The Kier molecular flexibility index (Phi) is 3.06. The van der Waals surface area contributed by atoms with E-state index in [0.717, 1.165) is 17.7 Å². The molecule has 0 spiro atoms. The predicted molar refractivity (Wildman–Crippen MR) is 88.5 cm³/mol. The largest absolute Gasteiger partial charge is 0.329 e. The number of fused-ring (bicyclic) bond motifs is 1. The summed E-state index contributed by atoms with van der Waals surface area (Å²) in [7, 11) is 0. The standard InChI is InChI=1S/C20H23NO2/c1-11(17-16(22)10-15-18(17)20(15,2)3)21-19(23)14-9-13(14)12-7-5-4-6-8-12/h4-8,13-15,18H,9-10H2,1-3H3,(H,21,23)/t13-,14+,15-,18+/m1/s1. The van der Waals surface area contributed by atoms with E-state index in [1.165, 1.54) is 5.56 Å². The quantitative estimate of drug-likeness (QED) is 0.870. The van der Waals surface area contributed by atoms with Crippen molar-refractivity contribution in [1.82, 2.24) is 5.32 Å². The highest BCUT2D eigenvalue weighted by Gasteiger charge is 2.65. The van der Waals surface area contributed by atoms with E-state index in [-0.39, 0.29) is 23.0 Å². The van der Waals surface area contributed by atoms with Gasteiger partial charge in [-0.15, -0.1) is 0 Å². The van der Waals surface area contributed by atoms with Gasteiger partial charge in [-0.2, -0.15) is 0 Å². The second kappa shape index (κ2) is 4.80. The number of benzene rings is 1. The second-order valence-electron chi connectivity index (χ2n) is 7.92. The van der Waals surface area contributed by atoms with E-state index in [1.807, 2.05) is 25.1 Å². The summed E-state index contributed by atoms with van der Waals surface area (Å²) in [6.45, 7) is 6.33. The first-order valence-electron chi connectivity index (χ1n) is 8.51. The molecule has 120 valence electrons. The second-order valence-corrected chi connectivity index (χ2v) is 7.92. The minimum Gasteiger partial charge on any atom is -0.329 e. The van der Waals surface area contributed by atoms with Crippen molar-refractivity contribution in [2.24, 2.45) is 23.2 Å². The average Bonchev–Trinajstić information content (AvgIpc) is 3.36. The Labute approximate surface area is 137 Å². The van der Waals surface area contributed by atoms with Gasteiger partial charge in [-0.1, -0.05) is 44.2 Å². The minimum absolute atomic E-state index is 0.0486. The summed E-state index contributed by atoms with van der Waals surface area (Å²) in [6, 6.07) is 10.2. The van der Waals surface area contributed by atoms with Gasteiger partial charge >= 0.3 is 0 Å². The Morgan fingerprint density at radius 1 is 1.22 bits per heavy atom. The van der Waals surface area contributed by atoms with Crippen LogP contribution in [-0.2, 0) is 9.59 Å². The van der Waals surface area contributed by atoms with Crippen molar-refractivity contribution in [3.8, 4) is 0 Å². The molecule has 0 radical (unpaired) electrons. The minimum atomic E-state index is 0.0486. The molecule has 3 aliphatic rings. The first-order valence-corrected chi connectivity index (χ1v) is 8.51. The molecule has 3 aliphatic carbocycles. The highest BCUT2D eigenvalue weighted by atomic mass is 16.2. The van der Waals surface area contributed by atoms with Crippen molar-refractivity contribution in [3.63, 3.8) is 0 Å². The first-order chi connectivity index (χ1) is 10.9. The van der Waals surface area contributed by atoms with Crippen LogP contribution < -0.4 is 5.32 Å². The zero-order valence-corrected chi connectivity index (χ0v) is 13.9. The van der Waals surface area contributed by atoms with Crippen LogP contribution in [0.5, 0.6) is 0 Å². The molecule has 1 aromatic carbocycles. The summed E-state index contributed by atoms with van der Waals surface area (Å²) in [5.74, 6) is 1.51. The lowest BCUT2D eigenvalue weighted by molar-refractivity contribution is -0.121. The van der Waals surface area contributed by atoms with Crippen LogP contribution in [0.15, 0.2) is 41.6 Å². The van der Waals surface area contributed by atoms with Crippen molar-refractivity contribution in [1.29, 1.82) is 0 Å². The summed E-state index contributed by atoms with van der Waals surface area (Å²) < 4.78 is 0. The molecule has 1 N–H and O–H groups in total. The SMILES string of the molecule is CC(NC(=O)[C@H]1C[C@@H]1c1ccccc1)=C1C(=O)C[C@@H]2[C@@H]1C2(C)C. The van der Waals surface area contributed by atoms with Gasteiger partial charge in [0.1, 0.15) is 0 Å². The maximum atomic E-state index is 12.5. The number of allylic oxidation sites excluding steroid dienone is 2. The molecule has 3 saturated carbocycles. The molecule has 3 heteroatoms. The molecule has 23 heavy (non-hydrogen) atoms. The van der Waals surface area contributed by atoms with E-state index in [4.69, 9.17) is 0 Å². The fourth-order valence-electron chi connectivity index (χ4n) is 4.52. The number of nitrogens with one attached hydrogen (secondary N) is 1. The molecule has 0 unspecified atom stereocenters. The van der Waals surface area contributed by atoms with E-state index < -0.39 is 0 Å². The van der Waals surface area contributed by atoms with Crippen LogP contribution in [0.1, 0.15) is 45.1 Å². The van der Waals surface area contributed by atoms with E-state index in [1.54, 1.807) is 0 Å². The number of rotatable bonds is 3. The monoisotopic (exact) mass is 309 g/mol. The normalized spacial score (nSPS) is 35.5. The van der Waals surface area contributed by atoms with Crippen LogP contribution in [0.3, 0.4) is 0 Å². The van der Waals surface area contributed by atoms with Gasteiger partial charge < -0.3 is 5.32 Å². The highest BCUT2D eigenvalue weighted by Crippen LogP contribution is 2.68. The van der Waals surface area contributed by atoms with Crippen LogP contribution in [0, 0.1) is 23.2 Å². The molecule has 0 aromatic heterocycles. The Balaban J connectivity index is 1.46. The number of carbonyl (C=O) groups is 2. The van der Waals surface area contributed by atoms with Crippen LogP contribution in [0.2, 0.25) is 0 Å². The lowest BCUT2D eigenvalue weighted by atomic mass is 9.95. The van der Waals surface area contributed by atoms with Crippen molar-refractivity contribution in [3.05, 3.63) is 47.2 Å². The van der Waals surface area contributed by atoms with E-state index in [9.17, 15) is 9.59 Å². The van der Waals surface area contributed by atoms with Crippen molar-refractivity contribution >= 4 is 11.7 Å². The molecular formula is C20H23NO2. The van der Waals surface area contributed by atoms with Crippen molar-refractivity contribution in [2.45, 2.75) is 39.5 Å². The zero-order chi connectivity index (χ0) is 16.4. The highest BCUT2D eigenvalue weighted by molar-refractivity contribution is 6.02. The number of hydrogen-bond donors (Lipinski definition) is 1.